The first-order valence-corrected chi connectivity index (χ1v) is 6.04. The van der Waals surface area contributed by atoms with E-state index in [4.69, 9.17) is 10.2 Å². The van der Waals surface area contributed by atoms with Crippen LogP contribution in [0.4, 0.5) is 0 Å². The molecular formula is C8H21NOSi. The van der Waals surface area contributed by atoms with Crippen LogP contribution in [-0.4, -0.2) is 21.9 Å². The van der Waals surface area contributed by atoms with E-state index >= 15 is 0 Å². The van der Waals surface area contributed by atoms with Crippen molar-refractivity contribution in [1.29, 1.82) is 0 Å². The van der Waals surface area contributed by atoms with Crippen molar-refractivity contribution >= 4 is 9.76 Å². The number of nitrogens with two attached hydrogens (primary N) is 1. The van der Waals surface area contributed by atoms with Crippen LogP contribution in [0.25, 0.3) is 0 Å². The van der Waals surface area contributed by atoms with Crippen LogP contribution in [0.15, 0.2) is 0 Å². The molecule has 0 fully saturated rings. The number of hydrogen-bond acceptors (Lipinski definition) is 2. The maximum absolute atomic E-state index is 5.76. The predicted molar refractivity (Wildman–Crippen MR) is 52.5 cm³/mol. The highest BCUT2D eigenvalue weighted by molar-refractivity contribution is 6.27. The number of hydrogen-bond donors (Lipinski definition) is 1. The average Bonchev–Trinajstić information content (AvgIpc) is 1.99. The van der Waals surface area contributed by atoms with Crippen LogP contribution in [0.2, 0.25) is 6.04 Å². The van der Waals surface area contributed by atoms with E-state index in [-0.39, 0.29) is 15.4 Å². The zero-order valence-electron chi connectivity index (χ0n) is 8.02. The normalized spacial score (nSPS) is 13.1. The molecule has 0 radical (unpaired) electrons. The summed E-state index contributed by atoms with van der Waals surface area (Å²) in [6.45, 7) is 7.28. The second-order valence-corrected chi connectivity index (χ2v) is 4.86. The monoisotopic (exact) mass is 175 g/mol. The molecule has 0 aliphatic carbocycles. The highest BCUT2D eigenvalue weighted by Gasteiger charge is 2.13. The quantitative estimate of drug-likeness (QED) is 0.484. The van der Waals surface area contributed by atoms with Gasteiger partial charge in [-0.15, -0.1) is 0 Å². The lowest BCUT2D eigenvalue weighted by molar-refractivity contribution is 0.111. The minimum Gasteiger partial charge on any atom is -0.419 e. The lowest BCUT2D eigenvalue weighted by atomic mass is 10.1. The van der Waals surface area contributed by atoms with E-state index < -0.39 is 0 Å². The van der Waals surface area contributed by atoms with Crippen molar-refractivity contribution in [1.82, 2.24) is 0 Å². The summed E-state index contributed by atoms with van der Waals surface area (Å²) < 4.78 is 5.76. The summed E-state index contributed by atoms with van der Waals surface area (Å²) in [7, 11) is -0.295. The third-order valence-electron chi connectivity index (χ3n) is 1.94. The van der Waals surface area contributed by atoms with Crippen LogP contribution < -0.4 is 5.73 Å². The molecule has 0 aromatic heterocycles. The first-order chi connectivity index (χ1) is 5.12. The lowest BCUT2D eigenvalue weighted by Crippen LogP contribution is -2.25. The Hall–Kier alpha value is 0.137. The molecule has 2 N–H and O–H groups in total. The van der Waals surface area contributed by atoms with E-state index in [2.05, 4.69) is 20.8 Å². The minimum absolute atomic E-state index is 0.112. The van der Waals surface area contributed by atoms with Gasteiger partial charge < -0.3 is 10.2 Å². The van der Waals surface area contributed by atoms with Gasteiger partial charge in [-0.3, -0.25) is 0 Å². The van der Waals surface area contributed by atoms with Crippen molar-refractivity contribution in [2.45, 2.75) is 45.3 Å². The van der Waals surface area contributed by atoms with Crippen LogP contribution in [0.1, 0.15) is 33.6 Å². The van der Waals surface area contributed by atoms with Crippen molar-refractivity contribution in [3.8, 4) is 0 Å². The Morgan fingerprint density at radius 1 is 1.45 bits per heavy atom. The summed E-state index contributed by atoms with van der Waals surface area (Å²) in [4.78, 5) is 0. The van der Waals surface area contributed by atoms with Gasteiger partial charge in [-0.25, -0.2) is 0 Å². The fourth-order valence-corrected chi connectivity index (χ4v) is 2.09. The molecule has 0 aromatic rings. The fourth-order valence-electron chi connectivity index (χ4n) is 0.697. The van der Waals surface area contributed by atoms with E-state index in [1.807, 2.05) is 0 Å². The van der Waals surface area contributed by atoms with Gasteiger partial charge in [-0.2, -0.15) is 0 Å². The molecule has 0 amide bonds. The zero-order valence-corrected chi connectivity index (χ0v) is 9.44. The topological polar surface area (TPSA) is 35.2 Å². The Kier molecular flexibility index (Phi) is 5.82. The van der Waals surface area contributed by atoms with Gasteiger partial charge in [0.25, 0.3) is 0 Å². The molecule has 0 aliphatic heterocycles. The Balaban J connectivity index is 3.23. The molecule has 0 rings (SSSR count). The molecular weight excluding hydrogens is 154 g/mol. The summed E-state index contributed by atoms with van der Waals surface area (Å²) in [6, 6.07) is 1.22. The minimum atomic E-state index is -0.295. The summed E-state index contributed by atoms with van der Waals surface area (Å²) in [5.74, 6) is 0. The Labute approximate surface area is 72.4 Å². The van der Waals surface area contributed by atoms with E-state index in [0.717, 1.165) is 19.4 Å². The summed E-state index contributed by atoms with van der Waals surface area (Å²) in [5, 5.41) is 0. The molecule has 0 saturated heterocycles. The third-order valence-corrected chi connectivity index (χ3v) is 3.72. The van der Waals surface area contributed by atoms with Crippen molar-refractivity contribution in [2.24, 2.45) is 5.73 Å². The largest absolute Gasteiger partial charge is 0.419 e. The summed E-state index contributed by atoms with van der Waals surface area (Å²) >= 11 is 0. The molecule has 0 spiro atoms. The second-order valence-electron chi connectivity index (χ2n) is 3.46. The second kappa shape index (κ2) is 5.74. The lowest BCUT2D eigenvalue weighted by Gasteiger charge is -2.23. The van der Waals surface area contributed by atoms with Gasteiger partial charge in [0.05, 0.1) is 0 Å². The van der Waals surface area contributed by atoms with E-state index in [9.17, 15) is 0 Å². The first kappa shape index (κ1) is 11.1. The van der Waals surface area contributed by atoms with Gasteiger partial charge in [0.1, 0.15) is 0 Å². The highest BCUT2D eigenvalue weighted by Crippen LogP contribution is 2.12. The Morgan fingerprint density at radius 3 is 2.55 bits per heavy atom. The highest BCUT2D eigenvalue weighted by atomic mass is 28.2. The molecule has 0 bridgehead atoms. The molecule has 0 heterocycles. The van der Waals surface area contributed by atoms with Gasteiger partial charge in [0.2, 0.25) is 0 Å². The van der Waals surface area contributed by atoms with Crippen LogP contribution in [0.3, 0.4) is 0 Å². The van der Waals surface area contributed by atoms with E-state index in [1.54, 1.807) is 0 Å². The van der Waals surface area contributed by atoms with E-state index in [0.29, 0.717) is 0 Å². The molecule has 0 unspecified atom stereocenters. The van der Waals surface area contributed by atoms with Gasteiger partial charge >= 0.3 is 0 Å². The van der Waals surface area contributed by atoms with Gasteiger partial charge in [-0.05, 0) is 39.3 Å². The van der Waals surface area contributed by atoms with Crippen molar-refractivity contribution in [2.75, 3.05) is 6.54 Å². The fraction of sp³-hybridized carbons (Fsp3) is 1.00. The number of rotatable bonds is 6. The summed E-state index contributed by atoms with van der Waals surface area (Å²) in [5.41, 5.74) is 5.49. The zero-order chi connectivity index (χ0) is 8.74. The van der Waals surface area contributed by atoms with Crippen LogP contribution in [0, 0.1) is 0 Å². The Morgan fingerprint density at radius 2 is 2.09 bits per heavy atom. The van der Waals surface area contributed by atoms with Crippen LogP contribution in [-0.2, 0) is 4.43 Å². The maximum Gasteiger partial charge on any atom is 0.162 e. The van der Waals surface area contributed by atoms with Crippen molar-refractivity contribution in [3.63, 3.8) is 0 Å². The molecule has 2 nitrogen and oxygen atoms in total. The van der Waals surface area contributed by atoms with Crippen LogP contribution >= 0.6 is 0 Å². The SMILES string of the molecule is CCC(C)(C)O[SiH2]CCCN. The van der Waals surface area contributed by atoms with Crippen molar-refractivity contribution in [3.05, 3.63) is 0 Å². The third kappa shape index (κ3) is 6.53. The molecule has 68 valence electrons. The average molecular weight is 175 g/mol. The van der Waals surface area contributed by atoms with Gasteiger partial charge in [0, 0.05) is 5.60 Å². The molecule has 0 saturated carbocycles. The van der Waals surface area contributed by atoms with Crippen LogP contribution in [0.5, 0.6) is 0 Å². The molecule has 11 heavy (non-hydrogen) atoms. The molecule has 0 atom stereocenters. The molecule has 0 aromatic carbocycles. The first-order valence-electron chi connectivity index (χ1n) is 4.46. The molecule has 0 aliphatic rings. The standard InChI is InChI=1S/C8H21NOSi/c1-4-8(2,3)10-11-7-5-6-9/h4-7,9,11H2,1-3H3. The van der Waals surface area contributed by atoms with Gasteiger partial charge in [0.15, 0.2) is 9.76 Å². The summed E-state index contributed by atoms with van der Waals surface area (Å²) in [6.07, 6.45) is 2.23. The van der Waals surface area contributed by atoms with Gasteiger partial charge in [-0.1, -0.05) is 6.92 Å². The smallest absolute Gasteiger partial charge is 0.162 e. The Bertz CT molecular complexity index is 96.1. The van der Waals surface area contributed by atoms with E-state index in [1.165, 1.54) is 6.04 Å². The maximum atomic E-state index is 5.76. The molecule has 3 heteroatoms. The predicted octanol–water partition coefficient (Wildman–Crippen LogP) is 1.04. The van der Waals surface area contributed by atoms with Crippen molar-refractivity contribution < 1.29 is 4.43 Å².